The molecule has 4 rings (SSSR count). The molecular formula is C12H16BrN. The standard InChI is InChI=1S/C12H16BrN/c13-11(7-14)12-4-8-1-9(5-12)3-10(2-8)6-12/h8-11H,1-6H2. The number of hydrogen-bond acceptors (Lipinski definition) is 1. The summed E-state index contributed by atoms with van der Waals surface area (Å²) in [5, 5.41) is 9.10. The van der Waals surface area contributed by atoms with E-state index in [9.17, 15) is 0 Å². The second kappa shape index (κ2) is 2.98. The molecule has 0 aromatic heterocycles. The van der Waals surface area contributed by atoms with Crippen molar-refractivity contribution >= 4 is 15.9 Å². The summed E-state index contributed by atoms with van der Waals surface area (Å²) in [6.07, 6.45) is 8.35. The van der Waals surface area contributed by atoms with Gasteiger partial charge >= 0.3 is 0 Å². The second-order valence-corrected chi connectivity index (χ2v) is 6.69. The largest absolute Gasteiger partial charge is 0.197 e. The van der Waals surface area contributed by atoms with Crippen LogP contribution < -0.4 is 0 Å². The summed E-state index contributed by atoms with van der Waals surface area (Å²) in [6, 6.07) is 2.44. The molecule has 4 aliphatic rings. The molecule has 0 spiro atoms. The first-order valence-electron chi connectivity index (χ1n) is 5.75. The van der Waals surface area contributed by atoms with Gasteiger partial charge < -0.3 is 0 Å². The van der Waals surface area contributed by atoms with Gasteiger partial charge in [-0.3, -0.25) is 0 Å². The van der Waals surface area contributed by atoms with Crippen LogP contribution in [0.4, 0.5) is 0 Å². The second-order valence-electron chi connectivity index (χ2n) is 5.77. The van der Waals surface area contributed by atoms with Crippen molar-refractivity contribution in [3.8, 4) is 6.07 Å². The van der Waals surface area contributed by atoms with Crippen molar-refractivity contribution in [3.63, 3.8) is 0 Å². The van der Waals surface area contributed by atoms with Crippen LogP contribution in [-0.2, 0) is 0 Å². The highest BCUT2D eigenvalue weighted by Crippen LogP contribution is 2.62. The van der Waals surface area contributed by atoms with Gasteiger partial charge in [-0.1, -0.05) is 15.9 Å². The van der Waals surface area contributed by atoms with E-state index in [-0.39, 0.29) is 4.83 Å². The minimum atomic E-state index is 0.114. The minimum absolute atomic E-state index is 0.114. The third kappa shape index (κ3) is 1.18. The van der Waals surface area contributed by atoms with Crippen LogP contribution in [0.3, 0.4) is 0 Å². The lowest BCUT2D eigenvalue weighted by molar-refractivity contribution is -0.0457. The quantitative estimate of drug-likeness (QED) is 0.657. The van der Waals surface area contributed by atoms with Crippen LogP contribution >= 0.6 is 15.9 Å². The molecule has 0 saturated heterocycles. The Morgan fingerprint density at radius 3 is 1.86 bits per heavy atom. The van der Waals surface area contributed by atoms with Gasteiger partial charge in [0.25, 0.3) is 0 Å². The molecular weight excluding hydrogens is 238 g/mol. The van der Waals surface area contributed by atoms with Crippen molar-refractivity contribution in [2.45, 2.75) is 43.4 Å². The zero-order valence-electron chi connectivity index (χ0n) is 8.38. The van der Waals surface area contributed by atoms with E-state index in [1.807, 2.05) is 0 Å². The average Bonchev–Trinajstić information content (AvgIpc) is 2.14. The van der Waals surface area contributed by atoms with Gasteiger partial charge in [-0.15, -0.1) is 0 Å². The molecule has 2 heteroatoms. The number of nitrogens with zero attached hydrogens (tertiary/aromatic N) is 1. The SMILES string of the molecule is N#CC(Br)C12CC3CC(CC(C3)C1)C2. The van der Waals surface area contributed by atoms with Gasteiger partial charge in [0.15, 0.2) is 0 Å². The Balaban J connectivity index is 1.91. The Kier molecular flexibility index (Phi) is 1.96. The fraction of sp³-hybridized carbons (Fsp3) is 0.917. The monoisotopic (exact) mass is 253 g/mol. The molecule has 4 aliphatic carbocycles. The maximum Gasteiger partial charge on any atom is 0.107 e. The first kappa shape index (κ1) is 9.21. The van der Waals surface area contributed by atoms with Crippen LogP contribution in [-0.4, -0.2) is 4.83 Å². The highest BCUT2D eigenvalue weighted by Gasteiger charge is 2.53. The molecule has 76 valence electrons. The van der Waals surface area contributed by atoms with Crippen molar-refractivity contribution in [1.82, 2.24) is 0 Å². The third-order valence-electron chi connectivity index (χ3n) is 4.74. The number of hydrogen-bond donors (Lipinski definition) is 0. The van der Waals surface area contributed by atoms with Crippen LogP contribution in [0, 0.1) is 34.5 Å². The van der Waals surface area contributed by atoms with Gasteiger partial charge in [-0.2, -0.15) is 5.26 Å². The first-order chi connectivity index (χ1) is 6.72. The molecule has 14 heavy (non-hydrogen) atoms. The molecule has 4 bridgehead atoms. The van der Waals surface area contributed by atoms with Crippen molar-refractivity contribution in [2.75, 3.05) is 0 Å². The van der Waals surface area contributed by atoms with Crippen LogP contribution in [0.2, 0.25) is 0 Å². The number of nitriles is 1. The Hall–Kier alpha value is -0.0300. The molecule has 1 nitrogen and oxygen atoms in total. The van der Waals surface area contributed by atoms with Gasteiger partial charge in [0.05, 0.1) is 6.07 Å². The van der Waals surface area contributed by atoms with Crippen molar-refractivity contribution in [1.29, 1.82) is 5.26 Å². The summed E-state index contributed by atoms with van der Waals surface area (Å²) >= 11 is 3.60. The lowest BCUT2D eigenvalue weighted by Crippen LogP contribution is -2.49. The average molecular weight is 254 g/mol. The van der Waals surface area contributed by atoms with Crippen LogP contribution in [0.5, 0.6) is 0 Å². The smallest absolute Gasteiger partial charge is 0.107 e. The Labute approximate surface area is 94.0 Å². The van der Waals surface area contributed by atoms with Gasteiger partial charge in [0.1, 0.15) is 4.83 Å². The fourth-order valence-electron chi connectivity index (χ4n) is 4.62. The summed E-state index contributed by atoms with van der Waals surface area (Å²) in [4.78, 5) is 0.114. The van der Waals surface area contributed by atoms with E-state index in [1.54, 1.807) is 0 Å². The zero-order chi connectivity index (χ0) is 9.76. The van der Waals surface area contributed by atoms with Crippen molar-refractivity contribution < 1.29 is 0 Å². The predicted octanol–water partition coefficient (Wildman–Crippen LogP) is 3.49. The number of rotatable bonds is 1. The number of alkyl halides is 1. The lowest BCUT2D eigenvalue weighted by Gasteiger charge is -2.57. The molecule has 4 fully saturated rings. The number of halogens is 1. The molecule has 0 aromatic carbocycles. The van der Waals surface area contributed by atoms with E-state index in [4.69, 9.17) is 5.26 Å². The summed E-state index contributed by atoms with van der Waals surface area (Å²) in [7, 11) is 0. The third-order valence-corrected chi connectivity index (χ3v) is 5.91. The molecule has 0 amide bonds. The fourth-order valence-corrected chi connectivity index (χ4v) is 5.19. The van der Waals surface area contributed by atoms with E-state index >= 15 is 0 Å². The topological polar surface area (TPSA) is 23.8 Å². The first-order valence-corrected chi connectivity index (χ1v) is 6.67. The summed E-state index contributed by atoms with van der Waals surface area (Å²) < 4.78 is 0. The van der Waals surface area contributed by atoms with E-state index < -0.39 is 0 Å². The predicted molar refractivity (Wildman–Crippen MR) is 58.9 cm³/mol. The van der Waals surface area contributed by atoms with Gasteiger partial charge in [-0.05, 0) is 61.7 Å². The van der Waals surface area contributed by atoms with E-state index in [2.05, 4.69) is 22.0 Å². The Morgan fingerprint density at radius 1 is 1.07 bits per heavy atom. The zero-order valence-corrected chi connectivity index (χ0v) is 9.96. The molecule has 0 aromatic rings. The van der Waals surface area contributed by atoms with Gasteiger partial charge in [-0.25, -0.2) is 0 Å². The summed E-state index contributed by atoms with van der Waals surface area (Å²) in [5.74, 6) is 2.86. The highest BCUT2D eigenvalue weighted by molar-refractivity contribution is 9.09. The van der Waals surface area contributed by atoms with Crippen LogP contribution in [0.25, 0.3) is 0 Å². The summed E-state index contributed by atoms with van der Waals surface area (Å²) in [5.41, 5.74) is 0.365. The maximum atomic E-state index is 9.10. The Morgan fingerprint density at radius 2 is 1.50 bits per heavy atom. The van der Waals surface area contributed by atoms with Gasteiger partial charge in [0.2, 0.25) is 0 Å². The molecule has 1 atom stereocenters. The molecule has 0 radical (unpaired) electrons. The molecule has 4 saturated carbocycles. The van der Waals surface area contributed by atoms with Crippen LogP contribution in [0.15, 0.2) is 0 Å². The molecule has 0 aliphatic heterocycles. The van der Waals surface area contributed by atoms with Crippen molar-refractivity contribution in [3.05, 3.63) is 0 Å². The minimum Gasteiger partial charge on any atom is -0.197 e. The molecule has 1 unspecified atom stereocenters. The van der Waals surface area contributed by atoms with Gasteiger partial charge in [0, 0.05) is 0 Å². The Bertz CT molecular complexity index is 256. The van der Waals surface area contributed by atoms with Crippen molar-refractivity contribution in [2.24, 2.45) is 23.2 Å². The molecule has 0 N–H and O–H groups in total. The van der Waals surface area contributed by atoms with E-state index in [0.717, 1.165) is 17.8 Å². The van der Waals surface area contributed by atoms with E-state index in [1.165, 1.54) is 38.5 Å². The van der Waals surface area contributed by atoms with E-state index in [0.29, 0.717) is 5.41 Å². The highest BCUT2D eigenvalue weighted by atomic mass is 79.9. The summed E-state index contributed by atoms with van der Waals surface area (Å²) in [6.45, 7) is 0. The normalized spacial score (nSPS) is 51.6. The van der Waals surface area contributed by atoms with Crippen LogP contribution in [0.1, 0.15) is 38.5 Å². The maximum absolute atomic E-state index is 9.10. The molecule has 0 heterocycles. The lowest BCUT2D eigenvalue weighted by atomic mass is 9.49.